The molecule has 0 saturated carbocycles. The van der Waals surface area contributed by atoms with Crippen LogP contribution in [0.15, 0.2) is 83.5 Å². The van der Waals surface area contributed by atoms with Gasteiger partial charge < -0.3 is 10.3 Å². The molecule has 4 atom stereocenters. The average molecular weight is 484 g/mol. The van der Waals surface area contributed by atoms with Crippen LogP contribution in [0, 0.1) is 5.92 Å². The Bertz CT molecular complexity index is 1240. The van der Waals surface area contributed by atoms with Gasteiger partial charge in [-0.2, -0.15) is 0 Å². The minimum Gasteiger partial charge on any atom is -0.382 e. The molecule has 2 N–H and O–H groups in total. The molecule has 172 valence electrons. The van der Waals surface area contributed by atoms with E-state index in [-0.39, 0.29) is 5.92 Å². The third kappa shape index (κ3) is 4.07. The fourth-order valence-electron chi connectivity index (χ4n) is 5.48. The minimum absolute atomic E-state index is 0.140. The average Bonchev–Trinajstić information content (AvgIpc) is 3.23. The van der Waals surface area contributed by atoms with E-state index in [4.69, 9.17) is 11.6 Å². The third-order valence-electron chi connectivity index (χ3n) is 6.73. The van der Waals surface area contributed by atoms with E-state index in [0.29, 0.717) is 24.7 Å². The lowest BCUT2D eigenvalue weighted by atomic mass is 9.71. The second kappa shape index (κ2) is 8.59. The Morgan fingerprint density at radius 2 is 2.06 bits per heavy atom. The quantitative estimate of drug-likeness (QED) is 0.638. The first kappa shape index (κ1) is 22.1. The predicted octanol–water partition coefficient (Wildman–Crippen LogP) is 2.81. The van der Waals surface area contributed by atoms with Crippen molar-refractivity contribution in [1.82, 2.24) is 20.2 Å². The summed E-state index contributed by atoms with van der Waals surface area (Å²) in [5.41, 5.74) is 2.01. The van der Waals surface area contributed by atoms with Crippen molar-refractivity contribution in [3.05, 3.63) is 89.8 Å². The van der Waals surface area contributed by atoms with Crippen molar-refractivity contribution in [3.8, 4) is 0 Å². The molecule has 1 aromatic heterocycles. The highest BCUT2D eigenvalue weighted by Gasteiger charge is 2.58. The number of benzene rings is 1. The van der Waals surface area contributed by atoms with E-state index in [2.05, 4.69) is 43.4 Å². The number of rotatable bonds is 5. The number of aromatic nitrogens is 2. The molecule has 3 heterocycles. The summed E-state index contributed by atoms with van der Waals surface area (Å²) in [4.78, 5) is 14.3. The molecular weight excluding hydrogens is 458 g/mol. The van der Waals surface area contributed by atoms with Crippen molar-refractivity contribution in [2.45, 2.75) is 29.8 Å². The number of nitrogens with zero attached hydrogens (tertiary/aromatic N) is 3. The van der Waals surface area contributed by atoms with Gasteiger partial charge in [-0.25, -0.2) is 18.4 Å². The SMILES string of the molecule is CS(=O)(=O)C1C2NC=C(Cl)N=C3C=CC=CC32N(Cc2cnc[nH]2)C[C@@H]1Cc1ccccc1. The predicted molar refractivity (Wildman–Crippen MR) is 131 cm³/mol. The zero-order valence-corrected chi connectivity index (χ0v) is 19.8. The van der Waals surface area contributed by atoms with Gasteiger partial charge in [-0.3, -0.25) is 4.90 Å². The van der Waals surface area contributed by atoms with Crippen LogP contribution in [-0.4, -0.2) is 58.6 Å². The summed E-state index contributed by atoms with van der Waals surface area (Å²) in [6.45, 7) is 1.13. The van der Waals surface area contributed by atoms with Crippen LogP contribution in [0.5, 0.6) is 0 Å². The summed E-state index contributed by atoms with van der Waals surface area (Å²) in [7, 11) is -3.44. The van der Waals surface area contributed by atoms with Gasteiger partial charge in [-0.05, 0) is 24.0 Å². The van der Waals surface area contributed by atoms with Gasteiger partial charge in [-0.1, -0.05) is 60.2 Å². The highest BCUT2D eigenvalue weighted by Crippen LogP contribution is 2.42. The molecule has 1 aliphatic carbocycles. The Morgan fingerprint density at radius 3 is 2.79 bits per heavy atom. The fraction of sp³-hybridized carbons (Fsp3) is 0.333. The second-order valence-corrected chi connectivity index (χ2v) is 11.4. The van der Waals surface area contributed by atoms with Crippen LogP contribution in [0.1, 0.15) is 11.3 Å². The van der Waals surface area contributed by atoms with Crippen molar-refractivity contribution in [3.63, 3.8) is 0 Å². The smallest absolute Gasteiger partial charge is 0.152 e. The maximum Gasteiger partial charge on any atom is 0.152 e. The zero-order chi connectivity index (χ0) is 23.1. The van der Waals surface area contributed by atoms with E-state index in [1.54, 1.807) is 18.7 Å². The van der Waals surface area contributed by atoms with Gasteiger partial charge in [0, 0.05) is 37.4 Å². The Hall–Kier alpha value is -2.68. The molecule has 5 rings (SSSR count). The van der Waals surface area contributed by atoms with E-state index in [1.165, 1.54) is 6.26 Å². The summed E-state index contributed by atoms with van der Waals surface area (Å²) in [6, 6.07) is 9.58. The first-order chi connectivity index (χ1) is 15.9. The number of piperidine rings is 1. The maximum atomic E-state index is 13.3. The van der Waals surface area contributed by atoms with E-state index < -0.39 is 26.7 Å². The number of sulfone groups is 1. The van der Waals surface area contributed by atoms with Gasteiger partial charge in [0.05, 0.1) is 23.3 Å². The number of H-pyrrole nitrogens is 1. The lowest BCUT2D eigenvalue weighted by Gasteiger charge is -2.55. The normalized spacial score (nSPS) is 29.3. The van der Waals surface area contributed by atoms with Crippen LogP contribution in [-0.2, 0) is 22.8 Å². The van der Waals surface area contributed by atoms with Gasteiger partial charge in [-0.15, -0.1) is 0 Å². The molecule has 3 unspecified atom stereocenters. The Morgan fingerprint density at radius 1 is 1.24 bits per heavy atom. The van der Waals surface area contributed by atoms with Crippen LogP contribution in [0.25, 0.3) is 0 Å². The molecule has 1 saturated heterocycles. The molecule has 0 radical (unpaired) electrons. The summed E-state index contributed by atoms with van der Waals surface area (Å²) >= 11 is 6.39. The molecule has 0 amide bonds. The van der Waals surface area contributed by atoms with Crippen molar-refractivity contribution in [2.75, 3.05) is 12.8 Å². The molecule has 1 aromatic carbocycles. The topological polar surface area (TPSA) is 90.4 Å². The molecule has 3 aliphatic rings. The van der Waals surface area contributed by atoms with E-state index in [9.17, 15) is 8.42 Å². The summed E-state index contributed by atoms with van der Waals surface area (Å²) < 4.78 is 26.6. The highest BCUT2D eigenvalue weighted by atomic mass is 35.5. The van der Waals surface area contributed by atoms with Crippen molar-refractivity contribution >= 4 is 27.1 Å². The summed E-state index contributed by atoms with van der Waals surface area (Å²) in [5, 5.41) is 3.02. The number of aromatic amines is 1. The van der Waals surface area contributed by atoms with Crippen molar-refractivity contribution < 1.29 is 8.42 Å². The van der Waals surface area contributed by atoms with Crippen LogP contribution in [0.3, 0.4) is 0 Å². The summed E-state index contributed by atoms with van der Waals surface area (Å²) in [6.07, 6.45) is 14.9. The third-order valence-corrected chi connectivity index (χ3v) is 8.57. The highest BCUT2D eigenvalue weighted by molar-refractivity contribution is 7.91. The first-order valence-electron chi connectivity index (χ1n) is 10.9. The molecular formula is C24H26ClN5O2S. The molecule has 2 aromatic rings. The number of likely N-dealkylation sites (tertiary alicyclic amines) is 1. The van der Waals surface area contributed by atoms with Gasteiger partial charge in [0.15, 0.2) is 9.84 Å². The lowest BCUT2D eigenvalue weighted by Crippen LogP contribution is -2.74. The Balaban J connectivity index is 1.66. The number of hydrogen-bond donors (Lipinski definition) is 2. The number of aliphatic imine (C=N–C) groups is 1. The Kier molecular flexibility index (Phi) is 5.76. The van der Waals surface area contributed by atoms with Crippen LogP contribution in [0.2, 0.25) is 0 Å². The molecule has 1 spiro atoms. The molecule has 2 aliphatic heterocycles. The fourth-order valence-corrected chi connectivity index (χ4v) is 7.29. The van der Waals surface area contributed by atoms with Gasteiger partial charge in [0.2, 0.25) is 0 Å². The number of halogens is 1. The zero-order valence-electron chi connectivity index (χ0n) is 18.2. The molecule has 1 fully saturated rings. The monoisotopic (exact) mass is 483 g/mol. The van der Waals surface area contributed by atoms with Crippen LogP contribution < -0.4 is 5.32 Å². The van der Waals surface area contributed by atoms with E-state index >= 15 is 0 Å². The van der Waals surface area contributed by atoms with Gasteiger partial charge in [0.1, 0.15) is 10.7 Å². The molecule has 0 bridgehead atoms. The molecule has 9 heteroatoms. The number of nitrogens with one attached hydrogen (secondary N) is 2. The maximum absolute atomic E-state index is 13.3. The number of allylic oxidation sites excluding steroid dienone is 2. The first-order valence-corrected chi connectivity index (χ1v) is 13.2. The lowest BCUT2D eigenvalue weighted by molar-refractivity contribution is 0.0655. The van der Waals surface area contributed by atoms with E-state index in [1.807, 2.05) is 36.4 Å². The second-order valence-electron chi connectivity index (χ2n) is 8.85. The molecule has 33 heavy (non-hydrogen) atoms. The van der Waals surface area contributed by atoms with Crippen LogP contribution in [0.4, 0.5) is 0 Å². The Labute approximate surface area is 198 Å². The number of imidazole rings is 1. The largest absolute Gasteiger partial charge is 0.382 e. The summed E-state index contributed by atoms with van der Waals surface area (Å²) in [5.74, 6) is -0.140. The molecule has 7 nitrogen and oxygen atoms in total. The van der Waals surface area contributed by atoms with Crippen molar-refractivity contribution in [2.24, 2.45) is 10.9 Å². The van der Waals surface area contributed by atoms with E-state index in [0.717, 1.165) is 17.0 Å². The standard InChI is InChI=1S/C24H26ClN5O2S/c1-33(31,32)22-18(11-17-7-3-2-4-8-17)14-30(15-19-12-26-16-28-19)24-10-6-5-9-20(24)29-21(25)13-27-23(22)24/h2-10,12-13,16,18,22-23,27H,11,14-15H2,1H3,(H,26,28)/t18-,22?,23?,24?/m0/s1. The van der Waals surface area contributed by atoms with Gasteiger partial charge >= 0.3 is 0 Å². The minimum atomic E-state index is -3.44. The van der Waals surface area contributed by atoms with Crippen LogP contribution >= 0.6 is 11.6 Å². The van der Waals surface area contributed by atoms with Gasteiger partial charge in [0.25, 0.3) is 0 Å². The number of hydrogen-bond acceptors (Lipinski definition) is 6. The van der Waals surface area contributed by atoms with Crippen molar-refractivity contribution in [1.29, 1.82) is 0 Å².